The van der Waals surface area contributed by atoms with Crippen LogP contribution in [-0.2, 0) is 0 Å². The van der Waals surface area contributed by atoms with Crippen LogP contribution in [0.3, 0.4) is 0 Å². The molecule has 2 aromatic rings. The second-order valence-corrected chi connectivity index (χ2v) is 4.11. The summed E-state index contributed by atoms with van der Waals surface area (Å²) in [5.74, 6) is 1.02. The molecule has 0 saturated carbocycles. The summed E-state index contributed by atoms with van der Waals surface area (Å²) < 4.78 is 5.54. The lowest BCUT2D eigenvalue weighted by molar-refractivity contribution is 0.434. The Hall–Kier alpha value is -1.95. The van der Waals surface area contributed by atoms with E-state index in [1.807, 2.05) is 21.0 Å². The van der Waals surface area contributed by atoms with Crippen molar-refractivity contribution in [2.24, 2.45) is 0 Å². The molecule has 7 heteroatoms. The molecule has 0 aromatic carbocycles. The van der Waals surface area contributed by atoms with Gasteiger partial charge in [-0.15, -0.1) is 0 Å². The fourth-order valence-electron chi connectivity index (χ4n) is 1.24. The quantitative estimate of drug-likeness (QED) is 0.847. The molecule has 0 amide bonds. The molecule has 0 fully saturated rings. The normalized spacial score (nSPS) is 10.2. The molecular weight excluding hydrogens is 254 g/mol. The average Bonchev–Trinajstić information content (AvgIpc) is 2.31. The van der Waals surface area contributed by atoms with Gasteiger partial charge < -0.3 is 9.64 Å². The number of halogens is 1. The smallest absolute Gasteiger partial charge is 0.328 e. The monoisotopic (exact) mass is 265 g/mol. The predicted octanol–water partition coefficient (Wildman–Crippen LogP) is 2.09. The van der Waals surface area contributed by atoms with Gasteiger partial charge in [-0.25, -0.2) is 0 Å². The molecule has 0 radical (unpaired) electrons. The Bertz CT molecular complexity index is 561. The number of ether oxygens (including phenoxy) is 1. The minimum atomic E-state index is 0.0882. The zero-order chi connectivity index (χ0) is 13.1. The van der Waals surface area contributed by atoms with E-state index in [4.69, 9.17) is 16.3 Å². The van der Waals surface area contributed by atoms with E-state index in [0.717, 1.165) is 5.69 Å². The standard InChI is InChI=1S/C11H12ClN5O/c1-7-8(5-4-6-13-7)18-11-15-9(12)14-10(16-11)17(2)3/h4-6H,1-3H3. The molecule has 0 bridgehead atoms. The first-order chi connectivity index (χ1) is 8.56. The molecule has 0 N–H and O–H groups in total. The fraction of sp³-hybridized carbons (Fsp3) is 0.273. The van der Waals surface area contributed by atoms with E-state index in [-0.39, 0.29) is 11.3 Å². The van der Waals surface area contributed by atoms with Crippen molar-refractivity contribution in [1.29, 1.82) is 0 Å². The van der Waals surface area contributed by atoms with Crippen molar-refractivity contribution in [3.63, 3.8) is 0 Å². The van der Waals surface area contributed by atoms with Gasteiger partial charge in [-0.2, -0.15) is 15.0 Å². The summed E-state index contributed by atoms with van der Waals surface area (Å²) in [4.78, 5) is 17.9. The van der Waals surface area contributed by atoms with E-state index in [0.29, 0.717) is 11.7 Å². The third-order valence-corrected chi connectivity index (χ3v) is 2.30. The van der Waals surface area contributed by atoms with Crippen molar-refractivity contribution >= 4 is 17.5 Å². The van der Waals surface area contributed by atoms with Crippen LogP contribution >= 0.6 is 11.6 Å². The summed E-state index contributed by atoms with van der Waals surface area (Å²) in [6.07, 6.45) is 1.69. The first kappa shape index (κ1) is 12.5. The van der Waals surface area contributed by atoms with Crippen molar-refractivity contribution in [2.45, 2.75) is 6.92 Å². The maximum Gasteiger partial charge on any atom is 0.328 e. The Kier molecular flexibility index (Phi) is 3.57. The molecule has 0 aliphatic heterocycles. The van der Waals surface area contributed by atoms with Crippen LogP contribution in [0.5, 0.6) is 11.8 Å². The molecule has 0 aliphatic rings. The Morgan fingerprint density at radius 3 is 2.67 bits per heavy atom. The summed E-state index contributed by atoms with van der Waals surface area (Å²) in [5, 5.41) is 0.0882. The largest absolute Gasteiger partial charge is 0.422 e. The Morgan fingerprint density at radius 1 is 1.22 bits per heavy atom. The van der Waals surface area contributed by atoms with Crippen molar-refractivity contribution in [1.82, 2.24) is 19.9 Å². The SMILES string of the molecule is Cc1ncccc1Oc1nc(Cl)nc(N(C)C)n1. The van der Waals surface area contributed by atoms with Gasteiger partial charge >= 0.3 is 6.01 Å². The molecule has 2 rings (SSSR count). The van der Waals surface area contributed by atoms with Crippen LogP contribution < -0.4 is 9.64 Å². The maximum atomic E-state index is 5.82. The highest BCUT2D eigenvalue weighted by atomic mass is 35.5. The summed E-state index contributed by atoms with van der Waals surface area (Å²) in [6.45, 7) is 1.84. The van der Waals surface area contributed by atoms with Crippen LogP contribution in [-0.4, -0.2) is 34.0 Å². The third kappa shape index (κ3) is 2.84. The molecule has 0 saturated heterocycles. The minimum absolute atomic E-state index is 0.0882. The second kappa shape index (κ2) is 5.14. The van der Waals surface area contributed by atoms with E-state index in [9.17, 15) is 0 Å². The van der Waals surface area contributed by atoms with Gasteiger partial charge in [0, 0.05) is 20.3 Å². The number of aryl methyl sites for hydroxylation is 1. The summed E-state index contributed by atoms with van der Waals surface area (Å²) in [5.41, 5.74) is 0.750. The van der Waals surface area contributed by atoms with Crippen molar-refractivity contribution in [3.05, 3.63) is 29.3 Å². The number of rotatable bonds is 3. The minimum Gasteiger partial charge on any atom is -0.422 e. The van der Waals surface area contributed by atoms with E-state index in [1.165, 1.54) is 0 Å². The van der Waals surface area contributed by atoms with E-state index in [2.05, 4.69) is 19.9 Å². The number of hydrogen-bond acceptors (Lipinski definition) is 6. The number of nitrogens with zero attached hydrogens (tertiary/aromatic N) is 5. The van der Waals surface area contributed by atoms with Crippen LogP contribution in [0.1, 0.15) is 5.69 Å². The molecular formula is C11H12ClN5O. The van der Waals surface area contributed by atoms with Crippen molar-refractivity contribution in [3.8, 4) is 11.8 Å². The summed E-state index contributed by atoms with van der Waals surface area (Å²) >= 11 is 5.82. The molecule has 6 nitrogen and oxygen atoms in total. The van der Waals surface area contributed by atoms with Gasteiger partial charge in [0.1, 0.15) is 0 Å². The molecule has 0 unspecified atom stereocenters. The highest BCUT2D eigenvalue weighted by molar-refractivity contribution is 6.28. The van der Waals surface area contributed by atoms with Crippen molar-refractivity contribution in [2.75, 3.05) is 19.0 Å². The lowest BCUT2D eigenvalue weighted by Gasteiger charge is -2.11. The second-order valence-electron chi connectivity index (χ2n) is 3.77. The summed E-state index contributed by atoms with van der Waals surface area (Å²) in [6, 6.07) is 3.71. The first-order valence-corrected chi connectivity index (χ1v) is 5.62. The summed E-state index contributed by atoms with van der Waals surface area (Å²) in [7, 11) is 3.62. The van der Waals surface area contributed by atoms with Gasteiger partial charge in [0.15, 0.2) is 5.75 Å². The molecule has 18 heavy (non-hydrogen) atoms. The lowest BCUT2D eigenvalue weighted by atomic mass is 10.3. The zero-order valence-electron chi connectivity index (χ0n) is 10.3. The molecule has 94 valence electrons. The Labute approximate surface area is 110 Å². The van der Waals surface area contributed by atoms with Gasteiger partial charge in [-0.3, -0.25) is 4.98 Å². The highest BCUT2D eigenvalue weighted by Crippen LogP contribution is 2.22. The van der Waals surface area contributed by atoms with Gasteiger partial charge in [-0.05, 0) is 30.7 Å². The Balaban J connectivity index is 2.32. The first-order valence-electron chi connectivity index (χ1n) is 5.24. The molecule has 0 aliphatic carbocycles. The highest BCUT2D eigenvalue weighted by Gasteiger charge is 2.09. The molecule has 0 spiro atoms. The van der Waals surface area contributed by atoms with E-state index in [1.54, 1.807) is 23.2 Å². The topological polar surface area (TPSA) is 64.0 Å². The van der Waals surface area contributed by atoms with Crippen LogP contribution in [0.25, 0.3) is 0 Å². The maximum absolute atomic E-state index is 5.82. The zero-order valence-corrected chi connectivity index (χ0v) is 11.0. The van der Waals surface area contributed by atoms with Gasteiger partial charge in [0.25, 0.3) is 0 Å². The van der Waals surface area contributed by atoms with Gasteiger partial charge in [0.2, 0.25) is 11.2 Å². The van der Waals surface area contributed by atoms with E-state index < -0.39 is 0 Å². The molecule has 2 aromatic heterocycles. The third-order valence-electron chi connectivity index (χ3n) is 2.14. The van der Waals surface area contributed by atoms with Gasteiger partial charge in [-0.1, -0.05) is 0 Å². The van der Waals surface area contributed by atoms with Crippen molar-refractivity contribution < 1.29 is 4.74 Å². The molecule has 2 heterocycles. The van der Waals surface area contributed by atoms with Gasteiger partial charge in [0.05, 0.1) is 5.69 Å². The fourth-order valence-corrected chi connectivity index (χ4v) is 1.39. The Morgan fingerprint density at radius 2 is 2.00 bits per heavy atom. The lowest BCUT2D eigenvalue weighted by Crippen LogP contribution is -2.13. The number of hydrogen-bond donors (Lipinski definition) is 0. The number of pyridine rings is 1. The van der Waals surface area contributed by atoms with E-state index >= 15 is 0 Å². The number of aromatic nitrogens is 4. The molecule has 0 atom stereocenters. The van der Waals surface area contributed by atoms with Crippen LogP contribution in [0.15, 0.2) is 18.3 Å². The predicted molar refractivity (Wildman–Crippen MR) is 68.2 cm³/mol. The number of anilines is 1. The average molecular weight is 266 g/mol. The van der Waals surface area contributed by atoms with Crippen LogP contribution in [0.2, 0.25) is 5.28 Å². The van der Waals surface area contributed by atoms with Crippen LogP contribution in [0.4, 0.5) is 5.95 Å². The van der Waals surface area contributed by atoms with Crippen LogP contribution in [0, 0.1) is 6.92 Å².